The van der Waals surface area contributed by atoms with E-state index in [2.05, 4.69) is 20.5 Å². The molecule has 132 valence electrons. The zero-order chi connectivity index (χ0) is 17.1. The number of carbonyl (C=O) groups is 1. The van der Waals surface area contributed by atoms with Crippen molar-refractivity contribution >= 4 is 11.8 Å². The van der Waals surface area contributed by atoms with Crippen LogP contribution in [0.25, 0.3) is 0 Å². The molecule has 1 aliphatic carbocycles. The Labute approximate surface area is 141 Å². The Balaban J connectivity index is 1.59. The second-order valence-corrected chi connectivity index (χ2v) is 6.54. The zero-order valence-electron chi connectivity index (χ0n) is 14.2. The molecule has 0 spiro atoms. The highest BCUT2D eigenvalue weighted by molar-refractivity contribution is 5.88. The number of rotatable bonds is 4. The number of likely N-dealkylation sites (tertiary alicyclic amines) is 1. The summed E-state index contributed by atoms with van der Waals surface area (Å²) in [5, 5.41) is 5.58. The van der Waals surface area contributed by atoms with Crippen LogP contribution in [0.2, 0.25) is 0 Å². The van der Waals surface area contributed by atoms with Gasteiger partial charge in [-0.1, -0.05) is 0 Å². The lowest BCUT2D eigenvalue weighted by Crippen LogP contribution is -2.49. The van der Waals surface area contributed by atoms with Gasteiger partial charge in [0.05, 0.1) is 6.10 Å². The first-order valence-corrected chi connectivity index (χ1v) is 8.44. The molecule has 2 aliphatic rings. The van der Waals surface area contributed by atoms with Crippen molar-refractivity contribution in [3.63, 3.8) is 0 Å². The summed E-state index contributed by atoms with van der Waals surface area (Å²) < 4.78 is 6.82. The minimum absolute atomic E-state index is 0.0488. The molecule has 1 aromatic heterocycles. The summed E-state index contributed by atoms with van der Waals surface area (Å²) in [6.07, 6.45) is 7.49. The van der Waals surface area contributed by atoms with Gasteiger partial charge in [0.2, 0.25) is 5.82 Å². The first kappa shape index (κ1) is 16.9. The second-order valence-electron chi connectivity index (χ2n) is 6.54. The van der Waals surface area contributed by atoms with Gasteiger partial charge in [-0.15, -0.1) is 0 Å². The predicted molar refractivity (Wildman–Crippen MR) is 90.0 cm³/mol. The molecule has 2 amide bonds. The highest BCUT2D eigenvalue weighted by Crippen LogP contribution is 2.28. The van der Waals surface area contributed by atoms with Crippen LogP contribution in [0.15, 0.2) is 17.2 Å². The molecule has 1 aromatic rings. The van der Waals surface area contributed by atoms with E-state index in [0.29, 0.717) is 6.04 Å². The van der Waals surface area contributed by atoms with Crippen LogP contribution in [0.3, 0.4) is 0 Å². The smallest absolute Gasteiger partial charge is 0.320 e. The fourth-order valence-electron chi connectivity index (χ4n) is 3.69. The summed E-state index contributed by atoms with van der Waals surface area (Å²) in [5.41, 5.74) is -0.321. The Morgan fingerprint density at radius 2 is 2.21 bits per heavy atom. The van der Waals surface area contributed by atoms with Crippen molar-refractivity contribution in [3.8, 4) is 0 Å². The maximum atomic E-state index is 12.3. The van der Waals surface area contributed by atoms with Crippen LogP contribution in [0.5, 0.6) is 0 Å². The van der Waals surface area contributed by atoms with Crippen molar-refractivity contribution in [2.75, 3.05) is 25.5 Å². The normalized spacial score (nSPS) is 27.3. The second kappa shape index (κ2) is 7.31. The lowest BCUT2D eigenvalue weighted by molar-refractivity contribution is 0.0985. The quantitative estimate of drug-likeness (QED) is 0.839. The largest absolute Gasteiger partial charge is 0.380 e. The third-order valence-electron chi connectivity index (χ3n) is 5.02. The molecule has 24 heavy (non-hydrogen) atoms. The van der Waals surface area contributed by atoms with Gasteiger partial charge in [-0.05, 0) is 25.7 Å². The Bertz CT molecular complexity index is 647. The van der Waals surface area contributed by atoms with Crippen molar-refractivity contribution in [1.29, 1.82) is 0 Å². The maximum absolute atomic E-state index is 12.3. The van der Waals surface area contributed by atoms with E-state index in [0.717, 1.165) is 38.8 Å². The lowest BCUT2D eigenvalue weighted by Gasteiger charge is -2.29. The number of anilines is 1. The number of hydrogen-bond donors (Lipinski definition) is 2. The van der Waals surface area contributed by atoms with Gasteiger partial charge in [0.15, 0.2) is 0 Å². The van der Waals surface area contributed by atoms with Crippen LogP contribution in [-0.4, -0.2) is 58.9 Å². The first-order valence-electron chi connectivity index (χ1n) is 8.44. The number of urea groups is 1. The van der Waals surface area contributed by atoms with Crippen LogP contribution in [0.4, 0.5) is 10.6 Å². The number of carbonyl (C=O) groups excluding carboxylic acids is 1. The summed E-state index contributed by atoms with van der Waals surface area (Å²) in [6.45, 7) is 1.92. The molecule has 1 saturated carbocycles. The average molecular weight is 335 g/mol. The van der Waals surface area contributed by atoms with Crippen LogP contribution in [0.1, 0.15) is 25.7 Å². The Morgan fingerprint density at radius 1 is 1.38 bits per heavy atom. The number of nitrogens with zero attached hydrogens (tertiary/aromatic N) is 3. The Hall–Kier alpha value is -1.93. The van der Waals surface area contributed by atoms with Crippen molar-refractivity contribution in [2.24, 2.45) is 7.05 Å². The van der Waals surface area contributed by atoms with Crippen LogP contribution in [0, 0.1) is 0 Å². The summed E-state index contributed by atoms with van der Waals surface area (Å²) in [6, 6.07) is 0.0563. The molecule has 8 heteroatoms. The van der Waals surface area contributed by atoms with Crippen molar-refractivity contribution in [2.45, 2.75) is 43.9 Å². The van der Waals surface area contributed by atoms with E-state index in [-0.39, 0.29) is 29.6 Å². The van der Waals surface area contributed by atoms with Crippen molar-refractivity contribution in [3.05, 3.63) is 22.7 Å². The number of nitrogens with one attached hydrogen (secondary N) is 2. The number of amides is 2. The highest BCUT2D eigenvalue weighted by atomic mass is 16.5. The van der Waals surface area contributed by atoms with Gasteiger partial charge in [-0.25, -0.2) is 9.78 Å². The minimum atomic E-state index is -0.370. The monoisotopic (exact) mass is 335 g/mol. The molecular formula is C16H25N5O3. The van der Waals surface area contributed by atoms with E-state index < -0.39 is 0 Å². The van der Waals surface area contributed by atoms with Gasteiger partial charge in [0, 0.05) is 51.7 Å². The van der Waals surface area contributed by atoms with E-state index in [1.165, 1.54) is 10.8 Å². The lowest BCUT2D eigenvalue weighted by atomic mass is 10.1. The summed E-state index contributed by atoms with van der Waals surface area (Å²) >= 11 is 0. The van der Waals surface area contributed by atoms with Gasteiger partial charge in [0.25, 0.3) is 5.56 Å². The molecule has 0 radical (unpaired) electrons. The van der Waals surface area contributed by atoms with E-state index in [1.807, 2.05) is 0 Å². The van der Waals surface area contributed by atoms with Crippen LogP contribution >= 0.6 is 0 Å². The first-order chi connectivity index (χ1) is 11.6. The van der Waals surface area contributed by atoms with Gasteiger partial charge in [0.1, 0.15) is 0 Å². The fourth-order valence-corrected chi connectivity index (χ4v) is 3.69. The third kappa shape index (κ3) is 3.59. The Kier molecular flexibility index (Phi) is 5.15. The molecule has 0 aromatic carbocycles. The van der Waals surface area contributed by atoms with E-state index in [1.54, 1.807) is 20.4 Å². The molecule has 3 atom stereocenters. The molecule has 1 aliphatic heterocycles. The SMILES string of the molecule is COC1CCN([C@@H]2CCC[C@@H]2NC(=O)Nc2nccn(C)c2=O)C1. The van der Waals surface area contributed by atoms with E-state index in [9.17, 15) is 9.59 Å². The molecule has 2 N–H and O–H groups in total. The topological polar surface area (TPSA) is 88.5 Å². The molecule has 1 saturated heterocycles. The molecule has 0 bridgehead atoms. The zero-order valence-corrected chi connectivity index (χ0v) is 14.2. The number of hydrogen-bond acceptors (Lipinski definition) is 5. The van der Waals surface area contributed by atoms with Crippen molar-refractivity contribution in [1.82, 2.24) is 19.8 Å². The Morgan fingerprint density at radius 3 is 2.96 bits per heavy atom. The average Bonchev–Trinajstić information content (AvgIpc) is 3.20. The van der Waals surface area contributed by atoms with Crippen LogP contribution < -0.4 is 16.2 Å². The van der Waals surface area contributed by atoms with Gasteiger partial charge < -0.3 is 14.6 Å². The number of aryl methyl sites for hydroxylation is 1. The highest BCUT2D eigenvalue weighted by Gasteiger charge is 2.36. The molecular weight excluding hydrogens is 310 g/mol. The summed E-state index contributed by atoms with van der Waals surface area (Å²) in [7, 11) is 3.37. The van der Waals surface area contributed by atoms with E-state index >= 15 is 0 Å². The molecule has 8 nitrogen and oxygen atoms in total. The molecule has 2 heterocycles. The summed E-state index contributed by atoms with van der Waals surface area (Å²) in [4.78, 5) is 30.5. The van der Waals surface area contributed by atoms with Gasteiger partial charge in [-0.3, -0.25) is 15.0 Å². The standard InChI is InChI=1S/C16H25N5O3/c1-20-9-7-17-14(15(20)22)19-16(23)18-12-4-3-5-13(12)21-8-6-11(10-21)24-2/h7,9,11-13H,3-6,8,10H2,1-2H3,(H2,17,18,19,23)/t11?,12-,13+/m0/s1. The number of methoxy groups -OCH3 is 1. The van der Waals surface area contributed by atoms with Crippen LogP contribution in [-0.2, 0) is 11.8 Å². The fraction of sp³-hybridized carbons (Fsp3) is 0.688. The third-order valence-corrected chi connectivity index (χ3v) is 5.02. The number of aromatic nitrogens is 2. The van der Waals surface area contributed by atoms with Crippen molar-refractivity contribution < 1.29 is 9.53 Å². The molecule has 2 fully saturated rings. The summed E-state index contributed by atoms with van der Waals surface area (Å²) in [5.74, 6) is 0.0488. The predicted octanol–water partition coefficient (Wildman–Crippen LogP) is 0.544. The molecule has 3 rings (SSSR count). The van der Waals surface area contributed by atoms with Gasteiger partial charge >= 0.3 is 6.03 Å². The van der Waals surface area contributed by atoms with E-state index in [4.69, 9.17) is 4.74 Å². The van der Waals surface area contributed by atoms with Gasteiger partial charge in [-0.2, -0.15) is 0 Å². The molecule has 1 unspecified atom stereocenters. The maximum Gasteiger partial charge on any atom is 0.320 e. The minimum Gasteiger partial charge on any atom is -0.380 e. The number of ether oxygens (including phenoxy) is 1.